The first kappa shape index (κ1) is 14.8. The molecule has 0 aliphatic rings. The van der Waals surface area contributed by atoms with Crippen LogP contribution in [0.4, 0.5) is 17.6 Å². The molecule has 0 spiro atoms. The maximum atomic E-state index is 13.4. The van der Waals surface area contributed by atoms with E-state index in [0.29, 0.717) is 5.56 Å². The smallest absolute Gasteiger partial charge is 0.389 e. The average molecular weight is 265 g/mol. The largest absolute Gasteiger partial charge is 0.494 e. The Hall–Kier alpha value is -1.30. The number of hydrogen-bond donors (Lipinski definition) is 1. The van der Waals surface area contributed by atoms with E-state index in [1.807, 2.05) is 0 Å². The van der Waals surface area contributed by atoms with Gasteiger partial charge in [-0.15, -0.1) is 0 Å². The van der Waals surface area contributed by atoms with Gasteiger partial charge in [0.2, 0.25) is 0 Å². The predicted octanol–water partition coefficient (Wildman–Crippen LogP) is 3.44. The first-order valence-corrected chi connectivity index (χ1v) is 5.45. The predicted molar refractivity (Wildman–Crippen MR) is 60.0 cm³/mol. The third-order valence-electron chi connectivity index (χ3n) is 2.64. The number of alkyl halides is 3. The van der Waals surface area contributed by atoms with Crippen molar-refractivity contribution in [1.82, 2.24) is 5.32 Å². The van der Waals surface area contributed by atoms with E-state index < -0.39 is 24.5 Å². The molecule has 0 saturated heterocycles. The molecule has 18 heavy (non-hydrogen) atoms. The van der Waals surface area contributed by atoms with Gasteiger partial charge in [0.1, 0.15) is 0 Å². The van der Waals surface area contributed by atoms with Gasteiger partial charge in [0.15, 0.2) is 11.6 Å². The first-order chi connectivity index (χ1) is 8.37. The fourth-order valence-electron chi connectivity index (χ4n) is 1.69. The number of rotatable bonds is 5. The van der Waals surface area contributed by atoms with E-state index in [0.717, 1.165) is 0 Å². The van der Waals surface area contributed by atoms with E-state index in [9.17, 15) is 17.6 Å². The SMILES string of the molecule is CNC(CCC(F)(F)F)c1ccc(OC)c(F)c1. The Morgan fingerprint density at radius 1 is 1.33 bits per heavy atom. The van der Waals surface area contributed by atoms with Gasteiger partial charge in [-0.3, -0.25) is 0 Å². The van der Waals surface area contributed by atoms with Crippen molar-refractivity contribution in [2.24, 2.45) is 0 Å². The van der Waals surface area contributed by atoms with Crippen molar-refractivity contribution in [3.8, 4) is 5.75 Å². The Labute approximate surface area is 103 Å². The van der Waals surface area contributed by atoms with E-state index in [-0.39, 0.29) is 12.2 Å². The van der Waals surface area contributed by atoms with Crippen LogP contribution in [0.5, 0.6) is 5.75 Å². The first-order valence-electron chi connectivity index (χ1n) is 5.45. The summed E-state index contributed by atoms with van der Waals surface area (Å²) in [6, 6.07) is 3.62. The van der Waals surface area contributed by atoms with Gasteiger partial charge in [0.05, 0.1) is 7.11 Å². The summed E-state index contributed by atoms with van der Waals surface area (Å²) >= 11 is 0. The molecule has 0 saturated carbocycles. The Morgan fingerprint density at radius 3 is 2.44 bits per heavy atom. The van der Waals surface area contributed by atoms with E-state index in [2.05, 4.69) is 5.32 Å². The maximum Gasteiger partial charge on any atom is 0.389 e. The lowest BCUT2D eigenvalue weighted by molar-refractivity contribution is -0.136. The topological polar surface area (TPSA) is 21.3 Å². The molecule has 1 unspecified atom stereocenters. The van der Waals surface area contributed by atoms with Crippen LogP contribution in [0.1, 0.15) is 24.4 Å². The molecule has 1 aromatic rings. The lowest BCUT2D eigenvalue weighted by atomic mass is 10.0. The van der Waals surface area contributed by atoms with Gasteiger partial charge in [0, 0.05) is 12.5 Å². The minimum absolute atomic E-state index is 0.0735. The molecule has 1 aromatic carbocycles. The summed E-state index contributed by atoms with van der Waals surface area (Å²) in [7, 11) is 2.88. The molecule has 0 radical (unpaired) electrons. The fraction of sp³-hybridized carbons (Fsp3) is 0.500. The summed E-state index contributed by atoms with van der Waals surface area (Å²) in [5, 5.41) is 2.75. The van der Waals surface area contributed by atoms with Crippen LogP contribution in [0.25, 0.3) is 0 Å². The molecule has 0 aliphatic heterocycles. The van der Waals surface area contributed by atoms with Gasteiger partial charge in [-0.05, 0) is 31.2 Å². The summed E-state index contributed by atoms with van der Waals surface area (Å²) in [4.78, 5) is 0. The van der Waals surface area contributed by atoms with Crippen LogP contribution in [-0.4, -0.2) is 20.3 Å². The lowest BCUT2D eigenvalue weighted by Gasteiger charge is -2.18. The molecule has 6 heteroatoms. The third kappa shape index (κ3) is 4.18. The fourth-order valence-corrected chi connectivity index (χ4v) is 1.69. The van der Waals surface area contributed by atoms with Gasteiger partial charge in [-0.2, -0.15) is 13.2 Å². The standard InChI is InChI=1S/C12H15F4NO/c1-17-10(5-6-12(14,15)16)8-3-4-11(18-2)9(13)7-8/h3-4,7,10,17H,5-6H2,1-2H3. The molecule has 0 aromatic heterocycles. The van der Waals surface area contributed by atoms with Crippen molar-refractivity contribution in [3.05, 3.63) is 29.6 Å². The van der Waals surface area contributed by atoms with E-state index >= 15 is 0 Å². The van der Waals surface area contributed by atoms with Crippen molar-refractivity contribution in [2.75, 3.05) is 14.2 Å². The van der Waals surface area contributed by atoms with Gasteiger partial charge in [0.25, 0.3) is 0 Å². The summed E-state index contributed by atoms with van der Waals surface area (Å²) in [6.07, 6.45) is -5.25. The maximum absolute atomic E-state index is 13.4. The molecule has 0 amide bonds. The average Bonchev–Trinajstić information content (AvgIpc) is 2.28. The number of halogens is 4. The van der Waals surface area contributed by atoms with Crippen LogP contribution in [0.2, 0.25) is 0 Å². The molecule has 0 heterocycles. The summed E-state index contributed by atoms with van der Waals surface area (Å²) in [5.41, 5.74) is 0.472. The molecule has 2 nitrogen and oxygen atoms in total. The zero-order valence-corrected chi connectivity index (χ0v) is 10.1. The number of ether oxygens (including phenoxy) is 1. The third-order valence-corrected chi connectivity index (χ3v) is 2.64. The van der Waals surface area contributed by atoms with Gasteiger partial charge in [-0.25, -0.2) is 4.39 Å². The lowest BCUT2D eigenvalue weighted by Crippen LogP contribution is -2.19. The van der Waals surface area contributed by atoms with E-state index in [1.54, 1.807) is 13.1 Å². The van der Waals surface area contributed by atoms with Crippen LogP contribution < -0.4 is 10.1 Å². The Bertz CT molecular complexity index is 392. The second kappa shape index (κ2) is 6.04. The van der Waals surface area contributed by atoms with Crippen LogP contribution >= 0.6 is 0 Å². The summed E-state index contributed by atoms with van der Waals surface area (Å²) < 4.78 is 54.6. The summed E-state index contributed by atoms with van der Waals surface area (Å²) in [6.45, 7) is 0. The zero-order valence-electron chi connectivity index (χ0n) is 10.1. The number of nitrogens with one attached hydrogen (secondary N) is 1. The quantitative estimate of drug-likeness (QED) is 0.823. The molecule has 0 aliphatic carbocycles. The van der Waals surface area contributed by atoms with Crippen LogP contribution in [0.3, 0.4) is 0 Å². The molecule has 1 rings (SSSR count). The van der Waals surface area contributed by atoms with Gasteiger partial charge in [-0.1, -0.05) is 6.07 Å². The van der Waals surface area contributed by atoms with Crippen LogP contribution in [0.15, 0.2) is 18.2 Å². The van der Waals surface area contributed by atoms with E-state index in [4.69, 9.17) is 4.74 Å². The molecule has 102 valence electrons. The molecule has 0 fully saturated rings. The molecule has 1 N–H and O–H groups in total. The summed E-state index contributed by atoms with van der Waals surface area (Å²) in [5.74, 6) is -0.508. The highest BCUT2D eigenvalue weighted by Crippen LogP contribution is 2.29. The molecular formula is C12H15F4NO. The minimum atomic E-state index is -4.21. The normalized spacial score (nSPS) is 13.4. The molecule has 1 atom stereocenters. The minimum Gasteiger partial charge on any atom is -0.494 e. The van der Waals surface area contributed by atoms with Crippen LogP contribution in [-0.2, 0) is 0 Å². The van der Waals surface area contributed by atoms with Crippen molar-refractivity contribution in [3.63, 3.8) is 0 Å². The second-order valence-corrected chi connectivity index (χ2v) is 3.89. The van der Waals surface area contributed by atoms with Gasteiger partial charge >= 0.3 is 6.18 Å². The highest BCUT2D eigenvalue weighted by atomic mass is 19.4. The highest BCUT2D eigenvalue weighted by molar-refractivity contribution is 5.31. The van der Waals surface area contributed by atoms with Crippen molar-refractivity contribution >= 4 is 0 Å². The number of benzene rings is 1. The van der Waals surface area contributed by atoms with E-state index in [1.165, 1.54) is 19.2 Å². The molecule has 0 bridgehead atoms. The van der Waals surface area contributed by atoms with Crippen molar-refractivity contribution in [2.45, 2.75) is 25.1 Å². The number of hydrogen-bond acceptors (Lipinski definition) is 2. The van der Waals surface area contributed by atoms with Crippen LogP contribution in [0, 0.1) is 5.82 Å². The van der Waals surface area contributed by atoms with Crippen molar-refractivity contribution in [1.29, 1.82) is 0 Å². The highest BCUT2D eigenvalue weighted by Gasteiger charge is 2.28. The number of methoxy groups -OCH3 is 1. The Kier molecular flexibility index (Phi) is 4.95. The Balaban J connectivity index is 2.79. The second-order valence-electron chi connectivity index (χ2n) is 3.89. The Morgan fingerprint density at radius 2 is 2.00 bits per heavy atom. The zero-order chi connectivity index (χ0) is 13.8. The van der Waals surface area contributed by atoms with Crippen molar-refractivity contribution < 1.29 is 22.3 Å². The van der Waals surface area contributed by atoms with Gasteiger partial charge < -0.3 is 10.1 Å². The monoisotopic (exact) mass is 265 g/mol. The molecular weight excluding hydrogens is 250 g/mol.